The Morgan fingerprint density at radius 1 is 1.15 bits per heavy atom. The van der Waals surface area contributed by atoms with Crippen LogP contribution in [-0.4, -0.2) is 16.8 Å². The molecule has 0 bridgehead atoms. The lowest BCUT2D eigenvalue weighted by Gasteiger charge is -2.08. The van der Waals surface area contributed by atoms with Gasteiger partial charge < -0.3 is 14.4 Å². The van der Waals surface area contributed by atoms with E-state index in [1.165, 1.54) is 0 Å². The number of fused-ring (bicyclic) bond motifs is 5. The molecule has 3 heteroatoms. The van der Waals surface area contributed by atoms with Crippen LogP contribution in [0.2, 0.25) is 0 Å². The molecule has 2 aromatic carbocycles. The second-order valence-corrected chi connectivity index (χ2v) is 5.19. The van der Waals surface area contributed by atoms with Crippen LogP contribution in [0.5, 0.6) is 5.75 Å². The quantitative estimate of drug-likeness (QED) is 0.733. The minimum Gasteiger partial charge on any atom is -0.497 e. The molecule has 1 unspecified atom stereocenters. The van der Waals surface area contributed by atoms with Crippen molar-refractivity contribution >= 4 is 10.9 Å². The summed E-state index contributed by atoms with van der Waals surface area (Å²) in [4.78, 5) is 0. The first-order valence-corrected chi connectivity index (χ1v) is 6.66. The molecule has 0 saturated heterocycles. The van der Waals surface area contributed by atoms with Crippen molar-refractivity contribution in [2.45, 2.75) is 6.10 Å². The molecule has 0 aliphatic heterocycles. The highest BCUT2D eigenvalue weighted by Crippen LogP contribution is 2.48. The highest BCUT2D eigenvalue weighted by atomic mass is 16.5. The van der Waals surface area contributed by atoms with Gasteiger partial charge in [-0.15, -0.1) is 0 Å². The molecule has 4 rings (SSSR count). The molecule has 1 N–H and O–H groups in total. The predicted octanol–water partition coefficient (Wildman–Crippen LogP) is 3.25. The molecule has 1 atom stereocenters. The monoisotopic (exact) mass is 265 g/mol. The van der Waals surface area contributed by atoms with Gasteiger partial charge in [-0.1, -0.05) is 24.3 Å². The molecule has 1 aliphatic carbocycles. The van der Waals surface area contributed by atoms with E-state index in [1.54, 1.807) is 7.11 Å². The van der Waals surface area contributed by atoms with Crippen LogP contribution in [0.25, 0.3) is 22.2 Å². The number of aliphatic hydroxyl groups excluding tert-OH is 1. The zero-order chi connectivity index (χ0) is 13.9. The lowest BCUT2D eigenvalue weighted by molar-refractivity contribution is 0.226. The van der Waals surface area contributed by atoms with Crippen molar-refractivity contribution < 1.29 is 9.84 Å². The van der Waals surface area contributed by atoms with Crippen molar-refractivity contribution in [3.8, 4) is 17.0 Å². The van der Waals surface area contributed by atoms with Gasteiger partial charge in [0, 0.05) is 29.1 Å². The SMILES string of the molecule is COc1ccc2c(c1)c1c(n2C)-c2ccccc2C1O. The van der Waals surface area contributed by atoms with Crippen LogP contribution in [0.4, 0.5) is 0 Å². The van der Waals surface area contributed by atoms with Crippen molar-refractivity contribution in [1.82, 2.24) is 4.57 Å². The van der Waals surface area contributed by atoms with E-state index in [1.807, 2.05) is 43.4 Å². The average Bonchev–Trinajstić information content (AvgIpc) is 2.95. The lowest BCUT2D eigenvalue weighted by Crippen LogP contribution is -1.94. The number of nitrogens with zero attached hydrogens (tertiary/aromatic N) is 1. The fourth-order valence-corrected chi connectivity index (χ4v) is 3.29. The van der Waals surface area contributed by atoms with Crippen LogP contribution < -0.4 is 4.74 Å². The molecule has 100 valence electrons. The molecule has 3 nitrogen and oxygen atoms in total. The smallest absolute Gasteiger partial charge is 0.119 e. The maximum Gasteiger partial charge on any atom is 0.119 e. The Morgan fingerprint density at radius 2 is 1.95 bits per heavy atom. The summed E-state index contributed by atoms with van der Waals surface area (Å²) >= 11 is 0. The van der Waals surface area contributed by atoms with Crippen LogP contribution in [0.1, 0.15) is 17.2 Å². The van der Waals surface area contributed by atoms with E-state index < -0.39 is 6.10 Å². The maximum atomic E-state index is 10.7. The molecule has 3 aromatic rings. The minimum absolute atomic E-state index is 0.558. The third-order valence-electron chi connectivity index (χ3n) is 4.23. The number of aromatic nitrogens is 1. The van der Waals surface area contributed by atoms with Gasteiger partial charge in [-0.2, -0.15) is 0 Å². The van der Waals surface area contributed by atoms with E-state index in [0.717, 1.165) is 39.0 Å². The number of rotatable bonds is 1. The largest absolute Gasteiger partial charge is 0.497 e. The second-order valence-electron chi connectivity index (χ2n) is 5.19. The van der Waals surface area contributed by atoms with Crippen molar-refractivity contribution in [3.05, 3.63) is 53.6 Å². The normalized spacial score (nSPS) is 16.2. The Morgan fingerprint density at radius 3 is 2.75 bits per heavy atom. The van der Waals surface area contributed by atoms with Crippen LogP contribution >= 0.6 is 0 Å². The number of aliphatic hydroxyl groups is 1. The Hall–Kier alpha value is -2.26. The van der Waals surface area contributed by atoms with E-state index >= 15 is 0 Å². The van der Waals surface area contributed by atoms with Crippen molar-refractivity contribution in [2.24, 2.45) is 7.05 Å². The summed E-state index contributed by atoms with van der Waals surface area (Å²) in [6.07, 6.45) is -0.558. The van der Waals surface area contributed by atoms with Crippen LogP contribution in [0, 0.1) is 0 Å². The van der Waals surface area contributed by atoms with Gasteiger partial charge in [0.1, 0.15) is 11.9 Å². The Balaban J connectivity index is 2.13. The van der Waals surface area contributed by atoms with Gasteiger partial charge in [0.05, 0.1) is 12.8 Å². The summed E-state index contributed by atoms with van der Waals surface area (Å²) in [5.41, 5.74) is 5.31. The number of hydrogen-bond donors (Lipinski definition) is 1. The lowest BCUT2D eigenvalue weighted by atomic mass is 10.1. The molecule has 0 saturated carbocycles. The summed E-state index contributed by atoms with van der Waals surface area (Å²) in [5.74, 6) is 0.814. The van der Waals surface area contributed by atoms with Crippen molar-refractivity contribution in [3.63, 3.8) is 0 Å². The number of ether oxygens (including phenoxy) is 1. The molecule has 0 spiro atoms. The number of hydrogen-bond acceptors (Lipinski definition) is 2. The van der Waals surface area contributed by atoms with E-state index in [0.29, 0.717) is 0 Å². The van der Waals surface area contributed by atoms with Gasteiger partial charge in [-0.25, -0.2) is 0 Å². The molecular weight excluding hydrogens is 250 g/mol. The van der Waals surface area contributed by atoms with Crippen molar-refractivity contribution in [2.75, 3.05) is 7.11 Å². The van der Waals surface area contributed by atoms with Crippen LogP contribution in [0.15, 0.2) is 42.5 Å². The predicted molar refractivity (Wildman–Crippen MR) is 79.0 cm³/mol. The number of benzene rings is 2. The fourth-order valence-electron chi connectivity index (χ4n) is 3.29. The first-order valence-electron chi connectivity index (χ1n) is 6.66. The Kier molecular flexibility index (Phi) is 2.24. The molecule has 20 heavy (non-hydrogen) atoms. The molecule has 0 amide bonds. The highest BCUT2D eigenvalue weighted by Gasteiger charge is 2.32. The minimum atomic E-state index is -0.558. The molecular formula is C17H15NO2. The van der Waals surface area contributed by atoms with Gasteiger partial charge in [0.25, 0.3) is 0 Å². The summed E-state index contributed by atoms with van der Waals surface area (Å²) in [5, 5.41) is 11.7. The summed E-state index contributed by atoms with van der Waals surface area (Å²) in [7, 11) is 3.71. The van der Waals surface area contributed by atoms with Gasteiger partial charge >= 0.3 is 0 Å². The highest BCUT2D eigenvalue weighted by molar-refractivity contribution is 5.96. The van der Waals surface area contributed by atoms with Crippen LogP contribution in [-0.2, 0) is 7.05 Å². The summed E-state index contributed by atoms with van der Waals surface area (Å²) < 4.78 is 7.46. The molecule has 0 fully saturated rings. The first kappa shape index (κ1) is 11.6. The standard InChI is InChI=1S/C17H15NO2/c1-18-14-8-7-10(20-2)9-13(14)15-16(18)11-5-3-4-6-12(11)17(15)19/h3-9,17,19H,1-2H3. The third kappa shape index (κ3) is 1.28. The van der Waals surface area contributed by atoms with Crippen molar-refractivity contribution in [1.29, 1.82) is 0 Å². The van der Waals surface area contributed by atoms with Gasteiger partial charge in [0.15, 0.2) is 0 Å². The second kappa shape index (κ2) is 3.87. The van der Waals surface area contributed by atoms with Crippen LogP contribution in [0.3, 0.4) is 0 Å². The zero-order valence-corrected chi connectivity index (χ0v) is 11.4. The van der Waals surface area contributed by atoms with Gasteiger partial charge in [-0.3, -0.25) is 0 Å². The summed E-state index contributed by atoms with van der Waals surface area (Å²) in [6, 6.07) is 14.0. The third-order valence-corrected chi connectivity index (χ3v) is 4.23. The Bertz CT molecular complexity index is 832. The fraction of sp³-hybridized carbons (Fsp3) is 0.176. The average molecular weight is 265 g/mol. The van der Waals surface area contributed by atoms with Gasteiger partial charge in [-0.05, 0) is 23.8 Å². The van der Waals surface area contributed by atoms with E-state index in [2.05, 4.69) is 10.6 Å². The molecule has 1 aliphatic rings. The molecule has 1 heterocycles. The first-order chi connectivity index (χ1) is 9.72. The van der Waals surface area contributed by atoms with E-state index in [9.17, 15) is 5.11 Å². The molecule has 1 aromatic heterocycles. The summed E-state index contributed by atoms with van der Waals surface area (Å²) in [6.45, 7) is 0. The molecule has 0 radical (unpaired) electrons. The number of aryl methyl sites for hydroxylation is 1. The van der Waals surface area contributed by atoms with Gasteiger partial charge in [0.2, 0.25) is 0 Å². The number of methoxy groups -OCH3 is 1. The maximum absolute atomic E-state index is 10.7. The van der Waals surface area contributed by atoms with E-state index in [-0.39, 0.29) is 0 Å². The zero-order valence-electron chi connectivity index (χ0n) is 11.4. The Labute approximate surface area is 117 Å². The topological polar surface area (TPSA) is 34.4 Å². The van der Waals surface area contributed by atoms with E-state index in [4.69, 9.17) is 4.74 Å².